The molecule has 3 aromatic rings. The van der Waals surface area contributed by atoms with Gasteiger partial charge in [0.25, 0.3) is 0 Å². The lowest BCUT2D eigenvalue weighted by Crippen LogP contribution is -2.57. The second-order valence-electron chi connectivity index (χ2n) is 9.77. The summed E-state index contributed by atoms with van der Waals surface area (Å²) in [6.07, 6.45) is 9.31. The van der Waals surface area contributed by atoms with Crippen LogP contribution in [-0.4, -0.2) is 63.9 Å². The number of anilines is 1. The van der Waals surface area contributed by atoms with Crippen LogP contribution in [-0.2, 0) is 13.0 Å². The van der Waals surface area contributed by atoms with E-state index in [2.05, 4.69) is 69.7 Å². The van der Waals surface area contributed by atoms with Crippen LogP contribution >= 0.6 is 0 Å². The van der Waals surface area contributed by atoms with Crippen LogP contribution in [0.3, 0.4) is 0 Å². The highest BCUT2D eigenvalue weighted by Crippen LogP contribution is 2.43. The van der Waals surface area contributed by atoms with Crippen molar-refractivity contribution in [1.29, 1.82) is 0 Å². The Balaban J connectivity index is 1.27. The van der Waals surface area contributed by atoms with Gasteiger partial charge in [-0.25, -0.2) is 4.98 Å². The summed E-state index contributed by atoms with van der Waals surface area (Å²) in [6, 6.07) is 11.9. The van der Waals surface area contributed by atoms with E-state index in [9.17, 15) is 0 Å². The maximum atomic E-state index is 5.02. The minimum atomic E-state index is 0.444. The molecule has 5 heterocycles. The van der Waals surface area contributed by atoms with E-state index in [0.717, 1.165) is 37.7 Å². The molecule has 0 radical (unpaired) electrons. The normalized spacial score (nSPS) is 24.3. The average Bonchev–Trinajstić information content (AvgIpc) is 3.15. The maximum absolute atomic E-state index is 5.02. The van der Waals surface area contributed by atoms with Crippen molar-refractivity contribution in [3.05, 3.63) is 59.7 Å². The number of piperidine rings is 1. The highest BCUT2D eigenvalue weighted by molar-refractivity contribution is 5.54. The van der Waals surface area contributed by atoms with E-state index in [-0.39, 0.29) is 0 Å². The molecule has 0 N–H and O–H groups in total. The van der Waals surface area contributed by atoms with Gasteiger partial charge in [0.15, 0.2) is 0 Å². The van der Waals surface area contributed by atoms with Crippen LogP contribution < -0.4 is 4.90 Å². The number of hydrogen-bond donors (Lipinski definition) is 0. The summed E-state index contributed by atoms with van der Waals surface area (Å²) < 4.78 is 2.29. The van der Waals surface area contributed by atoms with Gasteiger partial charge in [-0.1, -0.05) is 12.1 Å². The Morgan fingerprint density at radius 1 is 1.10 bits per heavy atom. The van der Waals surface area contributed by atoms with Gasteiger partial charge in [0.2, 0.25) is 0 Å². The van der Waals surface area contributed by atoms with Crippen LogP contribution in [0.5, 0.6) is 0 Å². The predicted molar refractivity (Wildman–Crippen MR) is 123 cm³/mol. The highest BCUT2D eigenvalue weighted by atomic mass is 15.3. The Kier molecular flexibility index (Phi) is 4.73. The summed E-state index contributed by atoms with van der Waals surface area (Å²) >= 11 is 0. The minimum absolute atomic E-state index is 0.444. The standard InChI is InChI=1S/C25H32N6/c1-28(2)21-16-30(17-21)23-9-3-8-22-27-20(15-31(22)23)14-29-13-5-7-19-11-10-18-6-4-12-26-24(18)25(19)29/h3-4,6,8-9,12,15,19,21,25H,5,7,10-11,13-14,16-17H2,1-2H3/t19-,25-/m0/s1. The molecule has 0 unspecified atom stereocenters. The van der Waals surface area contributed by atoms with Crippen molar-refractivity contribution in [2.24, 2.45) is 5.92 Å². The number of pyridine rings is 2. The van der Waals surface area contributed by atoms with Gasteiger partial charge in [-0.15, -0.1) is 0 Å². The van der Waals surface area contributed by atoms with Crippen LogP contribution in [0.15, 0.2) is 42.7 Å². The van der Waals surface area contributed by atoms with E-state index in [1.165, 1.54) is 48.5 Å². The zero-order valence-electron chi connectivity index (χ0n) is 18.6. The molecule has 0 saturated carbocycles. The summed E-state index contributed by atoms with van der Waals surface area (Å²) in [4.78, 5) is 17.3. The largest absolute Gasteiger partial charge is 0.354 e. The van der Waals surface area contributed by atoms with Gasteiger partial charge in [-0.3, -0.25) is 14.3 Å². The van der Waals surface area contributed by atoms with Crippen LogP contribution in [0.1, 0.15) is 42.3 Å². The van der Waals surface area contributed by atoms with Gasteiger partial charge >= 0.3 is 0 Å². The molecule has 1 aliphatic carbocycles. The summed E-state index contributed by atoms with van der Waals surface area (Å²) in [5.41, 5.74) is 4.98. The smallest absolute Gasteiger partial charge is 0.138 e. The number of hydrogen-bond acceptors (Lipinski definition) is 5. The van der Waals surface area contributed by atoms with E-state index >= 15 is 0 Å². The van der Waals surface area contributed by atoms with Crippen molar-refractivity contribution in [1.82, 2.24) is 24.2 Å². The third-order valence-electron chi connectivity index (χ3n) is 7.65. The van der Waals surface area contributed by atoms with E-state index in [0.29, 0.717) is 12.1 Å². The first-order valence-corrected chi connectivity index (χ1v) is 11.7. The molecule has 0 spiro atoms. The van der Waals surface area contributed by atoms with Gasteiger partial charge in [-0.05, 0) is 76.0 Å². The van der Waals surface area contributed by atoms with E-state index in [4.69, 9.17) is 9.97 Å². The fourth-order valence-electron chi connectivity index (χ4n) is 5.85. The molecular formula is C25H32N6. The van der Waals surface area contributed by atoms with Crippen molar-refractivity contribution in [3.8, 4) is 0 Å². The number of fused-ring (bicyclic) bond motifs is 4. The lowest BCUT2D eigenvalue weighted by Gasteiger charge is -2.44. The van der Waals surface area contributed by atoms with Gasteiger partial charge in [0, 0.05) is 38.1 Å². The number of likely N-dealkylation sites (tertiary alicyclic amines) is 1. The topological polar surface area (TPSA) is 39.9 Å². The molecule has 3 aliphatic rings. The van der Waals surface area contributed by atoms with E-state index in [1.54, 1.807) is 0 Å². The van der Waals surface area contributed by atoms with Crippen molar-refractivity contribution in [2.45, 2.75) is 44.3 Å². The molecule has 6 rings (SSSR count). The molecule has 0 aromatic carbocycles. The zero-order chi connectivity index (χ0) is 20.9. The SMILES string of the molecule is CN(C)C1CN(c2cccc3nc(CN4CCC[C@H]5CCc6cccnc6[C@H]54)cn23)C1. The lowest BCUT2D eigenvalue weighted by molar-refractivity contribution is 0.0687. The summed E-state index contributed by atoms with van der Waals surface area (Å²) in [5, 5.41) is 0. The number of aryl methyl sites for hydroxylation is 1. The fraction of sp³-hybridized carbons (Fsp3) is 0.520. The number of likely N-dealkylation sites (N-methyl/N-ethyl adjacent to an activating group) is 1. The molecule has 2 saturated heterocycles. The van der Waals surface area contributed by atoms with E-state index in [1.807, 2.05) is 6.20 Å². The quantitative estimate of drug-likeness (QED) is 0.652. The van der Waals surface area contributed by atoms with Crippen molar-refractivity contribution < 1.29 is 0 Å². The van der Waals surface area contributed by atoms with Crippen molar-refractivity contribution in [3.63, 3.8) is 0 Å². The van der Waals surface area contributed by atoms with Crippen molar-refractivity contribution >= 4 is 11.5 Å². The monoisotopic (exact) mass is 416 g/mol. The third-order valence-corrected chi connectivity index (χ3v) is 7.65. The molecule has 3 aromatic heterocycles. The third kappa shape index (κ3) is 3.33. The molecular weight excluding hydrogens is 384 g/mol. The second kappa shape index (κ2) is 7.61. The number of rotatable bonds is 4. The molecule has 6 nitrogen and oxygen atoms in total. The second-order valence-corrected chi connectivity index (χ2v) is 9.77. The molecule has 0 bridgehead atoms. The summed E-state index contributed by atoms with van der Waals surface area (Å²) in [5.74, 6) is 1.99. The first-order valence-electron chi connectivity index (χ1n) is 11.7. The van der Waals surface area contributed by atoms with Crippen LogP contribution in [0.25, 0.3) is 5.65 Å². The number of aromatic nitrogens is 3. The van der Waals surface area contributed by atoms with Gasteiger partial charge in [-0.2, -0.15) is 0 Å². The summed E-state index contributed by atoms with van der Waals surface area (Å²) in [6.45, 7) is 4.20. The van der Waals surface area contributed by atoms with Crippen molar-refractivity contribution in [2.75, 3.05) is 38.6 Å². The molecule has 6 heteroatoms. The first kappa shape index (κ1) is 19.3. The Labute approximate surface area is 184 Å². The fourth-order valence-corrected chi connectivity index (χ4v) is 5.85. The number of imidazole rings is 1. The Morgan fingerprint density at radius 3 is 2.87 bits per heavy atom. The van der Waals surface area contributed by atoms with Crippen LogP contribution in [0.4, 0.5) is 5.82 Å². The van der Waals surface area contributed by atoms with Gasteiger partial charge in [0.1, 0.15) is 11.5 Å². The Hall–Kier alpha value is -2.44. The van der Waals surface area contributed by atoms with Crippen LogP contribution in [0, 0.1) is 5.92 Å². The molecule has 2 fully saturated rings. The zero-order valence-corrected chi connectivity index (χ0v) is 18.6. The minimum Gasteiger partial charge on any atom is -0.354 e. The first-order chi connectivity index (χ1) is 15.2. The van der Waals surface area contributed by atoms with Gasteiger partial charge in [0.05, 0.1) is 17.4 Å². The Bertz CT molecular complexity index is 1080. The average molecular weight is 417 g/mol. The van der Waals surface area contributed by atoms with Crippen LogP contribution in [0.2, 0.25) is 0 Å². The lowest BCUT2D eigenvalue weighted by atomic mass is 9.77. The predicted octanol–water partition coefficient (Wildman–Crippen LogP) is 3.38. The molecule has 162 valence electrons. The number of nitrogens with zero attached hydrogens (tertiary/aromatic N) is 6. The maximum Gasteiger partial charge on any atom is 0.138 e. The molecule has 0 amide bonds. The van der Waals surface area contributed by atoms with Gasteiger partial charge < -0.3 is 9.80 Å². The highest BCUT2D eigenvalue weighted by Gasteiger charge is 2.37. The Morgan fingerprint density at radius 2 is 2.00 bits per heavy atom. The summed E-state index contributed by atoms with van der Waals surface area (Å²) in [7, 11) is 4.34. The molecule has 31 heavy (non-hydrogen) atoms. The van der Waals surface area contributed by atoms with E-state index < -0.39 is 0 Å². The molecule has 2 atom stereocenters. The molecule has 2 aliphatic heterocycles.